The second kappa shape index (κ2) is 8.06. The molecule has 1 aliphatic carbocycles. The van der Waals surface area contributed by atoms with E-state index >= 15 is 0 Å². The average Bonchev–Trinajstić information content (AvgIpc) is 2.59. The Balaban J connectivity index is 1.73. The summed E-state index contributed by atoms with van der Waals surface area (Å²) in [6.45, 7) is 2.79. The molecule has 1 amide bonds. The Labute approximate surface area is 143 Å². The van der Waals surface area contributed by atoms with Gasteiger partial charge >= 0.3 is 0 Å². The first-order valence-corrected chi connectivity index (χ1v) is 8.59. The first-order valence-electron chi connectivity index (χ1n) is 8.59. The molecule has 0 saturated heterocycles. The predicted molar refractivity (Wildman–Crippen MR) is 93.2 cm³/mol. The summed E-state index contributed by atoms with van der Waals surface area (Å²) in [6.07, 6.45) is 7.15. The van der Waals surface area contributed by atoms with E-state index < -0.39 is 0 Å². The van der Waals surface area contributed by atoms with Gasteiger partial charge in [-0.1, -0.05) is 30.3 Å². The molecule has 1 aliphatic rings. The lowest BCUT2D eigenvalue weighted by atomic mass is 9.96. The molecule has 4 nitrogen and oxygen atoms in total. The second-order valence-corrected chi connectivity index (χ2v) is 6.33. The van der Waals surface area contributed by atoms with Gasteiger partial charge in [-0.05, 0) is 49.4 Å². The van der Waals surface area contributed by atoms with E-state index in [4.69, 9.17) is 4.74 Å². The molecule has 0 aliphatic heterocycles. The number of carbonyl (C=O) groups is 1. The molecule has 1 atom stereocenters. The number of benzene rings is 1. The molecule has 0 N–H and O–H groups in total. The minimum absolute atomic E-state index is 0.00291. The molecule has 4 heteroatoms. The van der Waals surface area contributed by atoms with Crippen LogP contribution in [0.2, 0.25) is 0 Å². The van der Waals surface area contributed by atoms with Crippen LogP contribution in [-0.2, 0) is 16.1 Å². The van der Waals surface area contributed by atoms with Crippen molar-refractivity contribution in [3.05, 3.63) is 66.0 Å². The second-order valence-electron chi connectivity index (χ2n) is 6.33. The van der Waals surface area contributed by atoms with Gasteiger partial charge in [0.2, 0.25) is 5.91 Å². The van der Waals surface area contributed by atoms with Gasteiger partial charge in [0.15, 0.2) is 0 Å². The lowest BCUT2D eigenvalue weighted by molar-refractivity contribution is -0.143. The minimum Gasteiger partial charge on any atom is -0.368 e. The highest BCUT2D eigenvalue weighted by atomic mass is 16.5. The van der Waals surface area contributed by atoms with Crippen LogP contribution in [0.4, 0.5) is 0 Å². The molecular weight excluding hydrogens is 300 g/mol. The third-order valence-corrected chi connectivity index (χ3v) is 4.67. The van der Waals surface area contributed by atoms with E-state index in [1.807, 2.05) is 35.2 Å². The van der Waals surface area contributed by atoms with Crippen LogP contribution in [-0.4, -0.2) is 28.5 Å². The molecule has 1 aromatic heterocycles. The number of hydrogen-bond donors (Lipinski definition) is 0. The Morgan fingerprint density at radius 1 is 1.21 bits per heavy atom. The van der Waals surface area contributed by atoms with Crippen molar-refractivity contribution in [3.8, 4) is 0 Å². The molecule has 2 aromatic rings. The summed E-state index contributed by atoms with van der Waals surface area (Å²) in [5.74, 6) is 0.0371. The molecule has 24 heavy (non-hydrogen) atoms. The third-order valence-electron chi connectivity index (χ3n) is 4.67. The first-order chi connectivity index (χ1) is 11.7. The van der Waals surface area contributed by atoms with Crippen LogP contribution in [0.15, 0.2) is 54.9 Å². The van der Waals surface area contributed by atoms with Crippen molar-refractivity contribution in [2.24, 2.45) is 0 Å². The maximum Gasteiger partial charge on any atom is 0.249 e. The SMILES string of the molecule is CC(c1ccccc1)N(Cc1ccncc1)C(=O)COC1CCC1. The number of pyridine rings is 1. The van der Waals surface area contributed by atoms with Crippen LogP contribution in [0, 0.1) is 0 Å². The Morgan fingerprint density at radius 3 is 2.54 bits per heavy atom. The molecule has 1 aromatic carbocycles. The molecule has 1 saturated carbocycles. The lowest BCUT2D eigenvalue weighted by Crippen LogP contribution is -2.37. The molecule has 126 valence electrons. The van der Waals surface area contributed by atoms with E-state index in [2.05, 4.69) is 24.0 Å². The van der Waals surface area contributed by atoms with Crippen molar-refractivity contribution in [3.63, 3.8) is 0 Å². The van der Waals surface area contributed by atoms with Crippen LogP contribution in [0.25, 0.3) is 0 Å². The van der Waals surface area contributed by atoms with E-state index in [1.54, 1.807) is 12.4 Å². The fraction of sp³-hybridized carbons (Fsp3) is 0.400. The van der Waals surface area contributed by atoms with E-state index in [1.165, 1.54) is 6.42 Å². The summed E-state index contributed by atoms with van der Waals surface area (Å²) >= 11 is 0. The standard InChI is InChI=1S/C20H24N2O2/c1-16(18-6-3-2-4-7-18)22(14-17-10-12-21-13-11-17)20(23)15-24-19-8-5-9-19/h2-4,6-7,10-13,16,19H,5,8-9,14-15H2,1H3. The highest BCUT2D eigenvalue weighted by Crippen LogP contribution is 2.25. The van der Waals surface area contributed by atoms with Gasteiger partial charge in [0.1, 0.15) is 6.61 Å². The van der Waals surface area contributed by atoms with Crippen molar-refractivity contribution in [2.75, 3.05) is 6.61 Å². The molecule has 3 rings (SSSR count). The normalized spacial score (nSPS) is 15.5. The van der Waals surface area contributed by atoms with Crippen molar-refractivity contribution >= 4 is 5.91 Å². The largest absolute Gasteiger partial charge is 0.368 e. The van der Waals surface area contributed by atoms with Crippen LogP contribution in [0.1, 0.15) is 43.4 Å². The lowest BCUT2D eigenvalue weighted by Gasteiger charge is -2.32. The molecular formula is C20H24N2O2. The average molecular weight is 324 g/mol. The fourth-order valence-electron chi connectivity index (χ4n) is 2.85. The van der Waals surface area contributed by atoms with E-state index in [0.717, 1.165) is 24.0 Å². The molecule has 1 heterocycles. The smallest absolute Gasteiger partial charge is 0.249 e. The van der Waals surface area contributed by atoms with E-state index in [-0.39, 0.29) is 24.7 Å². The zero-order chi connectivity index (χ0) is 16.8. The summed E-state index contributed by atoms with van der Waals surface area (Å²) in [5.41, 5.74) is 2.20. The molecule has 1 fully saturated rings. The van der Waals surface area contributed by atoms with Crippen LogP contribution in [0.5, 0.6) is 0 Å². The number of amides is 1. The van der Waals surface area contributed by atoms with Crippen molar-refractivity contribution < 1.29 is 9.53 Å². The van der Waals surface area contributed by atoms with E-state index in [9.17, 15) is 4.79 Å². The van der Waals surface area contributed by atoms with Crippen molar-refractivity contribution in [1.29, 1.82) is 0 Å². The summed E-state index contributed by atoms with van der Waals surface area (Å²) in [4.78, 5) is 18.7. The van der Waals surface area contributed by atoms with Gasteiger partial charge in [0.05, 0.1) is 12.1 Å². The Morgan fingerprint density at radius 2 is 1.92 bits per heavy atom. The summed E-state index contributed by atoms with van der Waals surface area (Å²) in [6, 6.07) is 14.0. The van der Waals surface area contributed by atoms with Gasteiger partial charge in [-0.2, -0.15) is 0 Å². The number of hydrogen-bond acceptors (Lipinski definition) is 3. The van der Waals surface area contributed by atoms with Crippen LogP contribution in [0.3, 0.4) is 0 Å². The summed E-state index contributed by atoms with van der Waals surface area (Å²) in [5, 5.41) is 0. The van der Waals surface area contributed by atoms with Gasteiger partial charge in [0.25, 0.3) is 0 Å². The topological polar surface area (TPSA) is 42.4 Å². The molecule has 0 bridgehead atoms. The minimum atomic E-state index is -0.00291. The van der Waals surface area contributed by atoms with Crippen LogP contribution >= 0.6 is 0 Å². The number of nitrogens with zero attached hydrogens (tertiary/aromatic N) is 2. The zero-order valence-corrected chi connectivity index (χ0v) is 14.1. The quantitative estimate of drug-likeness (QED) is 0.779. The van der Waals surface area contributed by atoms with Gasteiger partial charge in [-0.15, -0.1) is 0 Å². The maximum absolute atomic E-state index is 12.8. The number of carbonyl (C=O) groups excluding carboxylic acids is 1. The number of rotatable bonds is 7. The highest BCUT2D eigenvalue weighted by molar-refractivity contribution is 5.78. The zero-order valence-electron chi connectivity index (χ0n) is 14.1. The first kappa shape index (κ1) is 16.7. The monoisotopic (exact) mass is 324 g/mol. The van der Waals surface area contributed by atoms with Crippen LogP contribution < -0.4 is 0 Å². The number of ether oxygens (including phenoxy) is 1. The number of aromatic nitrogens is 1. The maximum atomic E-state index is 12.8. The molecule has 1 unspecified atom stereocenters. The predicted octanol–water partition coefficient (Wildman–Crippen LogP) is 3.74. The Bertz CT molecular complexity index is 641. The Kier molecular flexibility index (Phi) is 5.59. The van der Waals surface area contributed by atoms with Gasteiger partial charge in [-0.25, -0.2) is 0 Å². The Hall–Kier alpha value is -2.20. The van der Waals surface area contributed by atoms with Gasteiger partial charge in [-0.3, -0.25) is 9.78 Å². The van der Waals surface area contributed by atoms with Gasteiger partial charge < -0.3 is 9.64 Å². The summed E-state index contributed by atoms with van der Waals surface area (Å²) in [7, 11) is 0. The summed E-state index contributed by atoms with van der Waals surface area (Å²) < 4.78 is 5.74. The molecule has 0 radical (unpaired) electrons. The van der Waals surface area contributed by atoms with Crippen molar-refractivity contribution in [2.45, 2.75) is 44.9 Å². The van der Waals surface area contributed by atoms with Gasteiger partial charge in [0, 0.05) is 18.9 Å². The third kappa shape index (κ3) is 4.20. The van der Waals surface area contributed by atoms with E-state index in [0.29, 0.717) is 6.54 Å². The fourth-order valence-corrected chi connectivity index (χ4v) is 2.85. The highest BCUT2D eigenvalue weighted by Gasteiger charge is 2.24. The molecule has 0 spiro atoms. The van der Waals surface area contributed by atoms with Crippen molar-refractivity contribution in [1.82, 2.24) is 9.88 Å².